The molecule has 7 heteroatoms. The molecule has 0 bridgehead atoms. The highest BCUT2D eigenvalue weighted by molar-refractivity contribution is 14.1. The average Bonchev–Trinajstić information content (AvgIpc) is 2.10. The smallest absolute Gasteiger partial charge is 0.250 e. The van der Waals surface area contributed by atoms with E-state index in [1.165, 1.54) is 0 Å². The van der Waals surface area contributed by atoms with Gasteiger partial charge in [-0.15, -0.1) is 0 Å². The van der Waals surface area contributed by atoms with Crippen molar-refractivity contribution in [3.63, 3.8) is 0 Å². The highest BCUT2D eigenvalue weighted by Crippen LogP contribution is 2.27. The van der Waals surface area contributed by atoms with Crippen molar-refractivity contribution in [1.82, 2.24) is 0 Å². The minimum atomic E-state index is -0.559. The van der Waals surface area contributed by atoms with E-state index in [-0.39, 0.29) is 0 Å². The summed E-state index contributed by atoms with van der Waals surface area (Å²) in [5, 5.41) is 0. The van der Waals surface area contributed by atoms with Crippen molar-refractivity contribution in [1.29, 1.82) is 0 Å². The second-order valence-electron chi connectivity index (χ2n) is 2.64. The SMILES string of the molecule is NC(=O)c1cc(I)c(I)c(C(N)=O)c1I. The number of halogens is 3. The molecule has 4 N–H and O–H groups in total. The van der Waals surface area contributed by atoms with Crippen LogP contribution >= 0.6 is 67.8 Å². The summed E-state index contributed by atoms with van der Waals surface area (Å²) in [4.78, 5) is 22.3. The van der Waals surface area contributed by atoms with Crippen molar-refractivity contribution in [2.24, 2.45) is 11.5 Å². The first-order valence-electron chi connectivity index (χ1n) is 3.63. The van der Waals surface area contributed by atoms with Crippen LogP contribution in [0, 0.1) is 10.7 Å². The molecule has 15 heavy (non-hydrogen) atoms. The number of benzene rings is 1. The first-order valence-corrected chi connectivity index (χ1v) is 6.87. The average molecular weight is 542 g/mol. The van der Waals surface area contributed by atoms with Gasteiger partial charge in [-0.05, 0) is 73.8 Å². The molecule has 0 fully saturated rings. The van der Waals surface area contributed by atoms with Crippen molar-refractivity contribution in [2.75, 3.05) is 0 Å². The van der Waals surface area contributed by atoms with Crippen LogP contribution in [0.1, 0.15) is 20.7 Å². The number of primary amides is 2. The largest absolute Gasteiger partial charge is 0.366 e. The molecule has 0 heterocycles. The Morgan fingerprint density at radius 2 is 1.53 bits per heavy atom. The van der Waals surface area contributed by atoms with E-state index < -0.39 is 11.8 Å². The van der Waals surface area contributed by atoms with Gasteiger partial charge in [0.05, 0.1) is 11.1 Å². The molecule has 0 saturated heterocycles. The quantitative estimate of drug-likeness (QED) is 0.441. The first-order chi connectivity index (χ1) is 6.86. The standard InChI is InChI=1S/C8H5I3N2O2/c9-3-1-2(7(12)14)5(10)4(6(3)11)8(13)15/h1H,(H2,12,14)(H2,13,15). The maximum Gasteiger partial charge on any atom is 0.250 e. The third kappa shape index (κ3) is 2.72. The Morgan fingerprint density at radius 3 is 1.93 bits per heavy atom. The molecule has 80 valence electrons. The predicted octanol–water partition coefficient (Wildman–Crippen LogP) is 1.70. The number of nitrogens with two attached hydrogens (primary N) is 2. The third-order valence-corrected chi connectivity index (χ3v) is 5.79. The predicted molar refractivity (Wildman–Crippen MR) is 81.6 cm³/mol. The fourth-order valence-corrected chi connectivity index (χ4v) is 3.74. The molecule has 0 aromatic heterocycles. The van der Waals surface area contributed by atoms with Crippen LogP contribution in [0.5, 0.6) is 0 Å². The molecule has 1 aromatic carbocycles. The summed E-state index contributed by atoms with van der Waals surface area (Å²) in [5.41, 5.74) is 11.1. The fourth-order valence-electron chi connectivity index (χ4n) is 1.000. The molecule has 0 saturated carbocycles. The van der Waals surface area contributed by atoms with E-state index in [9.17, 15) is 9.59 Å². The molecule has 0 spiro atoms. The van der Waals surface area contributed by atoms with Gasteiger partial charge in [-0.3, -0.25) is 9.59 Å². The number of hydrogen-bond donors (Lipinski definition) is 2. The van der Waals surface area contributed by atoms with Crippen LogP contribution in [0.15, 0.2) is 6.07 Å². The van der Waals surface area contributed by atoms with E-state index in [0.29, 0.717) is 14.7 Å². The summed E-state index contributed by atoms with van der Waals surface area (Å²) in [6.07, 6.45) is 0. The number of hydrogen-bond acceptors (Lipinski definition) is 2. The van der Waals surface area contributed by atoms with E-state index in [1.807, 2.05) is 67.8 Å². The zero-order valence-corrected chi connectivity index (χ0v) is 13.7. The number of amides is 2. The molecule has 1 aromatic rings. The second-order valence-corrected chi connectivity index (χ2v) is 5.96. The van der Waals surface area contributed by atoms with Crippen LogP contribution < -0.4 is 11.5 Å². The van der Waals surface area contributed by atoms with Crippen LogP contribution in [-0.4, -0.2) is 11.8 Å². The fraction of sp³-hybridized carbons (Fsp3) is 0. The molecule has 0 atom stereocenters. The van der Waals surface area contributed by atoms with E-state index in [2.05, 4.69) is 0 Å². The number of carbonyl (C=O) groups is 2. The summed E-state index contributed by atoms with van der Waals surface area (Å²) in [5.74, 6) is -1.11. The molecular weight excluding hydrogens is 537 g/mol. The second kappa shape index (κ2) is 5.12. The molecule has 0 unspecified atom stereocenters. The van der Waals surface area contributed by atoms with Crippen molar-refractivity contribution in [3.8, 4) is 0 Å². The number of rotatable bonds is 2. The van der Waals surface area contributed by atoms with Gasteiger partial charge in [-0.2, -0.15) is 0 Å². The van der Waals surface area contributed by atoms with Gasteiger partial charge in [-0.25, -0.2) is 0 Å². The first kappa shape index (κ1) is 13.4. The lowest BCUT2D eigenvalue weighted by Gasteiger charge is -2.09. The lowest BCUT2D eigenvalue weighted by molar-refractivity contribution is 0.0998. The summed E-state index contributed by atoms with van der Waals surface area (Å²) in [7, 11) is 0. The van der Waals surface area contributed by atoms with Crippen molar-refractivity contribution in [2.45, 2.75) is 0 Å². The Bertz CT molecular complexity index is 460. The van der Waals surface area contributed by atoms with Crippen LogP contribution in [0.25, 0.3) is 0 Å². The van der Waals surface area contributed by atoms with Crippen LogP contribution in [0.2, 0.25) is 0 Å². The zero-order valence-electron chi connectivity index (χ0n) is 7.18. The Kier molecular flexibility index (Phi) is 4.58. The van der Waals surface area contributed by atoms with Crippen LogP contribution in [0.4, 0.5) is 0 Å². The van der Waals surface area contributed by atoms with E-state index >= 15 is 0 Å². The van der Waals surface area contributed by atoms with Crippen molar-refractivity contribution < 1.29 is 9.59 Å². The highest BCUT2D eigenvalue weighted by atomic mass is 127. The molecule has 0 aliphatic rings. The maximum atomic E-state index is 11.2. The van der Waals surface area contributed by atoms with Crippen LogP contribution in [-0.2, 0) is 0 Å². The van der Waals surface area contributed by atoms with E-state index in [1.54, 1.807) is 6.07 Å². The summed E-state index contributed by atoms with van der Waals surface area (Å²) in [6.45, 7) is 0. The van der Waals surface area contributed by atoms with E-state index in [0.717, 1.165) is 7.14 Å². The van der Waals surface area contributed by atoms with Gasteiger partial charge in [0, 0.05) is 10.7 Å². The third-order valence-electron chi connectivity index (χ3n) is 1.67. The lowest BCUT2D eigenvalue weighted by Crippen LogP contribution is -2.20. The van der Waals surface area contributed by atoms with E-state index in [4.69, 9.17) is 11.5 Å². The van der Waals surface area contributed by atoms with Gasteiger partial charge in [0.1, 0.15) is 0 Å². The molecule has 0 radical (unpaired) electrons. The maximum absolute atomic E-state index is 11.2. The highest BCUT2D eigenvalue weighted by Gasteiger charge is 2.19. The summed E-state index contributed by atoms with van der Waals surface area (Å²) >= 11 is 5.96. The van der Waals surface area contributed by atoms with Gasteiger partial charge in [0.25, 0.3) is 5.91 Å². The Morgan fingerprint density at radius 1 is 1.00 bits per heavy atom. The zero-order chi connectivity index (χ0) is 11.7. The molecule has 0 aliphatic heterocycles. The molecule has 0 aliphatic carbocycles. The van der Waals surface area contributed by atoms with Gasteiger partial charge in [0.2, 0.25) is 5.91 Å². The van der Waals surface area contributed by atoms with Gasteiger partial charge >= 0.3 is 0 Å². The van der Waals surface area contributed by atoms with Crippen LogP contribution in [0.3, 0.4) is 0 Å². The van der Waals surface area contributed by atoms with Crippen molar-refractivity contribution in [3.05, 3.63) is 27.9 Å². The van der Waals surface area contributed by atoms with Gasteiger partial charge in [0.15, 0.2) is 0 Å². The molecule has 4 nitrogen and oxygen atoms in total. The van der Waals surface area contributed by atoms with Gasteiger partial charge in [-0.1, -0.05) is 0 Å². The van der Waals surface area contributed by atoms with Gasteiger partial charge < -0.3 is 11.5 Å². The monoisotopic (exact) mass is 542 g/mol. The number of carbonyl (C=O) groups excluding carboxylic acids is 2. The minimum absolute atomic E-state index is 0.328. The Balaban J connectivity index is 3.63. The minimum Gasteiger partial charge on any atom is -0.366 e. The van der Waals surface area contributed by atoms with Crippen molar-refractivity contribution >= 4 is 79.6 Å². The molecular formula is C8H5I3N2O2. The Labute approximate surface area is 127 Å². The molecule has 2 amide bonds. The lowest BCUT2D eigenvalue weighted by atomic mass is 10.1. The Hall–Kier alpha value is 0.350. The summed E-state index contributed by atoms with van der Waals surface area (Å²) in [6, 6.07) is 1.65. The molecule has 1 rings (SSSR count). The topological polar surface area (TPSA) is 86.2 Å². The normalized spacial score (nSPS) is 10.1. The summed E-state index contributed by atoms with van der Waals surface area (Å²) < 4.78 is 2.05.